The van der Waals surface area contributed by atoms with Crippen molar-refractivity contribution in [3.05, 3.63) is 64.4 Å². The van der Waals surface area contributed by atoms with Crippen molar-refractivity contribution < 1.29 is 28.5 Å². The molecule has 0 unspecified atom stereocenters. The summed E-state index contributed by atoms with van der Waals surface area (Å²) in [6.07, 6.45) is 2.27. The minimum absolute atomic E-state index is 0.0757. The summed E-state index contributed by atoms with van der Waals surface area (Å²) in [5.41, 5.74) is 1.90. The monoisotopic (exact) mass is 539 g/mol. The predicted octanol–water partition coefficient (Wildman–Crippen LogP) is 2.21. The topological polar surface area (TPSA) is 117 Å². The van der Waals surface area contributed by atoms with Crippen molar-refractivity contribution in [2.45, 2.75) is 38.1 Å². The van der Waals surface area contributed by atoms with E-state index >= 15 is 0 Å². The van der Waals surface area contributed by atoms with Gasteiger partial charge in [-0.05, 0) is 35.9 Å². The third-order valence-corrected chi connectivity index (χ3v) is 7.05. The minimum atomic E-state index is -0.430. The van der Waals surface area contributed by atoms with Crippen LogP contribution in [0.1, 0.15) is 28.0 Å². The molecule has 0 spiro atoms. The lowest BCUT2D eigenvalue weighted by Gasteiger charge is -2.20. The summed E-state index contributed by atoms with van der Waals surface area (Å²) in [4.78, 5) is 28.1. The number of carbonyl (C=O) groups excluding carboxylic acids is 2. The largest absolute Gasteiger partial charge is 0.492 e. The first-order valence-corrected chi connectivity index (χ1v) is 12.8. The molecular formula is C26H26ClN5O6. The van der Waals surface area contributed by atoms with Crippen LogP contribution < -0.4 is 19.5 Å². The summed E-state index contributed by atoms with van der Waals surface area (Å²) >= 11 is 6.29. The zero-order valence-electron chi connectivity index (χ0n) is 20.5. The van der Waals surface area contributed by atoms with Gasteiger partial charge < -0.3 is 29.2 Å². The fourth-order valence-corrected chi connectivity index (χ4v) is 4.92. The summed E-state index contributed by atoms with van der Waals surface area (Å²) in [5.74, 6) is 1.36. The number of carbonyl (C=O) groups is 2. The van der Waals surface area contributed by atoms with Crippen molar-refractivity contribution in [2.75, 3.05) is 26.5 Å². The van der Waals surface area contributed by atoms with Gasteiger partial charge in [0.25, 0.3) is 5.91 Å². The maximum atomic E-state index is 13.2. The fourth-order valence-electron chi connectivity index (χ4n) is 4.74. The molecule has 0 aliphatic carbocycles. The Morgan fingerprint density at radius 1 is 1.08 bits per heavy atom. The smallest absolute Gasteiger partial charge is 0.251 e. The Kier molecular flexibility index (Phi) is 6.77. The van der Waals surface area contributed by atoms with E-state index in [4.69, 9.17) is 30.5 Å². The molecule has 1 aromatic heterocycles. The maximum absolute atomic E-state index is 13.2. The minimum Gasteiger partial charge on any atom is -0.492 e. The van der Waals surface area contributed by atoms with Crippen LogP contribution in [0.4, 0.5) is 0 Å². The Morgan fingerprint density at radius 2 is 1.97 bits per heavy atom. The van der Waals surface area contributed by atoms with Crippen LogP contribution in [0.3, 0.4) is 0 Å². The van der Waals surface area contributed by atoms with Crippen molar-refractivity contribution in [3.8, 4) is 17.2 Å². The summed E-state index contributed by atoms with van der Waals surface area (Å²) in [5, 5.41) is 11.8. The lowest BCUT2D eigenvalue weighted by Crippen LogP contribution is -2.44. The van der Waals surface area contributed by atoms with Crippen molar-refractivity contribution in [3.63, 3.8) is 0 Å². The van der Waals surface area contributed by atoms with E-state index in [2.05, 4.69) is 15.6 Å². The molecule has 1 N–H and O–H groups in total. The number of nitrogens with one attached hydrogen (secondary N) is 1. The first-order chi connectivity index (χ1) is 18.5. The molecule has 3 aliphatic rings. The van der Waals surface area contributed by atoms with E-state index in [1.54, 1.807) is 33.8 Å². The van der Waals surface area contributed by atoms with Crippen LogP contribution in [-0.4, -0.2) is 70.3 Å². The van der Waals surface area contributed by atoms with Crippen LogP contribution in [0.15, 0.2) is 42.6 Å². The molecule has 0 saturated carbocycles. The fraction of sp³-hybridized carbons (Fsp3) is 0.385. The standard InChI is InChI=1S/C26H26ClN5O6/c27-19-4-3-17-10-22(19)35-7-1-6-32-11-18(29-30-32)14-36-24-13-31(12-20(24)28-26(17)34)25(33)9-16-2-5-21-23(8-16)38-15-37-21/h2-5,8,10-11,20,24H,1,6-7,9,12-15H2,(H,28,34)/t20-,24-/m0/s1. The lowest BCUT2D eigenvalue weighted by molar-refractivity contribution is -0.130. The first kappa shape index (κ1) is 24.5. The summed E-state index contributed by atoms with van der Waals surface area (Å²) in [6, 6.07) is 9.97. The number of halogens is 1. The zero-order chi connectivity index (χ0) is 26.1. The second-order valence-electron chi connectivity index (χ2n) is 9.41. The van der Waals surface area contributed by atoms with Gasteiger partial charge in [-0.15, -0.1) is 5.10 Å². The number of aryl methyl sites for hydroxylation is 1. The van der Waals surface area contributed by atoms with Crippen LogP contribution in [0.2, 0.25) is 5.02 Å². The van der Waals surface area contributed by atoms with Crippen LogP contribution >= 0.6 is 11.6 Å². The SMILES string of the molecule is O=C1N[C@H]2CN(C(=O)Cc3ccc4c(c3)OCO4)C[C@@H]2OCc2cn(nn2)CCCOc2cc1ccc2Cl. The third-order valence-electron chi connectivity index (χ3n) is 6.74. The molecule has 0 radical (unpaired) electrons. The van der Waals surface area contributed by atoms with Crippen molar-refractivity contribution in [1.29, 1.82) is 0 Å². The number of hydrogen-bond acceptors (Lipinski definition) is 8. The number of hydrogen-bond donors (Lipinski definition) is 1. The first-order valence-electron chi connectivity index (χ1n) is 12.4. The molecule has 198 valence electrons. The van der Waals surface area contributed by atoms with Gasteiger partial charge >= 0.3 is 0 Å². The molecule has 3 aromatic rings. The van der Waals surface area contributed by atoms with E-state index in [0.29, 0.717) is 66.2 Å². The Morgan fingerprint density at radius 3 is 2.89 bits per heavy atom. The number of ether oxygens (including phenoxy) is 4. The van der Waals surface area contributed by atoms with Gasteiger partial charge in [-0.25, -0.2) is 0 Å². The van der Waals surface area contributed by atoms with Crippen LogP contribution in [0.5, 0.6) is 17.2 Å². The highest BCUT2D eigenvalue weighted by atomic mass is 35.5. The number of fused-ring (bicyclic) bond motifs is 6. The molecule has 2 atom stereocenters. The predicted molar refractivity (Wildman–Crippen MR) is 134 cm³/mol. The highest BCUT2D eigenvalue weighted by molar-refractivity contribution is 6.32. The molecule has 38 heavy (non-hydrogen) atoms. The number of benzene rings is 2. The van der Waals surface area contributed by atoms with Crippen molar-refractivity contribution >= 4 is 23.4 Å². The normalized spacial score (nSPS) is 21.0. The highest BCUT2D eigenvalue weighted by Crippen LogP contribution is 2.33. The maximum Gasteiger partial charge on any atom is 0.251 e. The molecule has 12 heteroatoms. The second-order valence-corrected chi connectivity index (χ2v) is 9.82. The molecule has 3 aliphatic heterocycles. The Balaban J connectivity index is 1.21. The molecule has 4 bridgehead atoms. The van der Waals surface area contributed by atoms with E-state index in [-0.39, 0.29) is 31.6 Å². The summed E-state index contributed by atoms with van der Waals surface area (Å²) in [6.45, 7) is 2.04. The number of rotatable bonds is 2. The quantitative estimate of drug-likeness (QED) is 0.527. The number of likely N-dealkylation sites (tertiary alicyclic amines) is 1. The average molecular weight is 540 g/mol. The van der Waals surface area contributed by atoms with Crippen molar-refractivity contribution in [1.82, 2.24) is 25.2 Å². The molecule has 2 aromatic carbocycles. The Hall–Kier alpha value is -3.83. The molecule has 2 amide bonds. The van der Waals surface area contributed by atoms with Crippen LogP contribution in [-0.2, 0) is 29.1 Å². The lowest BCUT2D eigenvalue weighted by atomic mass is 10.1. The van der Waals surface area contributed by atoms with Gasteiger partial charge in [0, 0.05) is 31.6 Å². The van der Waals surface area contributed by atoms with Gasteiger partial charge in [-0.3, -0.25) is 14.3 Å². The zero-order valence-corrected chi connectivity index (χ0v) is 21.2. The Bertz CT molecular complexity index is 1360. The number of nitrogens with zero attached hydrogens (tertiary/aromatic N) is 4. The molecule has 11 nitrogen and oxygen atoms in total. The molecule has 1 saturated heterocycles. The van der Waals surface area contributed by atoms with Gasteiger partial charge in [0.2, 0.25) is 12.7 Å². The molecule has 4 heterocycles. The number of amides is 2. The van der Waals surface area contributed by atoms with Gasteiger partial charge in [-0.2, -0.15) is 0 Å². The third kappa shape index (κ3) is 5.25. The van der Waals surface area contributed by atoms with Gasteiger partial charge in [-0.1, -0.05) is 22.9 Å². The van der Waals surface area contributed by atoms with E-state index in [0.717, 1.165) is 5.56 Å². The summed E-state index contributed by atoms with van der Waals surface area (Å²) < 4.78 is 24.5. The second kappa shape index (κ2) is 10.5. The number of aromatic nitrogens is 3. The van der Waals surface area contributed by atoms with E-state index < -0.39 is 12.1 Å². The van der Waals surface area contributed by atoms with Crippen molar-refractivity contribution in [2.24, 2.45) is 0 Å². The van der Waals surface area contributed by atoms with E-state index in [1.807, 2.05) is 18.3 Å². The molecular weight excluding hydrogens is 514 g/mol. The Labute approximate surface area is 223 Å². The summed E-state index contributed by atoms with van der Waals surface area (Å²) in [7, 11) is 0. The van der Waals surface area contributed by atoms with Gasteiger partial charge in [0.15, 0.2) is 11.5 Å². The highest BCUT2D eigenvalue weighted by Gasteiger charge is 2.37. The van der Waals surface area contributed by atoms with E-state index in [9.17, 15) is 9.59 Å². The molecule has 1 fully saturated rings. The van der Waals surface area contributed by atoms with Gasteiger partial charge in [0.05, 0.1) is 43.0 Å². The van der Waals surface area contributed by atoms with Gasteiger partial charge in [0.1, 0.15) is 11.4 Å². The van der Waals surface area contributed by atoms with E-state index in [1.165, 1.54) is 0 Å². The van der Waals surface area contributed by atoms with Crippen LogP contribution in [0.25, 0.3) is 0 Å². The average Bonchev–Trinajstić information content (AvgIpc) is 3.65. The van der Waals surface area contributed by atoms with Crippen LogP contribution in [0, 0.1) is 0 Å². The molecule has 6 rings (SSSR count).